The molecule has 27 heavy (non-hydrogen) atoms. The highest BCUT2D eigenvalue weighted by Gasteiger charge is 2.22. The number of benzene rings is 2. The summed E-state index contributed by atoms with van der Waals surface area (Å²) in [7, 11) is 2.24. The average Bonchev–Trinajstić information content (AvgIpc) is 3.44. The van der Waals surface area contributed by atoms with Crippen LogP contribution in [0.3, 0.4) is 0 Å². The molecule has 4 rings (SSSR count). The molecule has 1 fully saturated rings. The predicted octanol–water partition coefficient (Wildman–Crippen LogP) is 6.23. The first-order chi connectivity index (χ1) is 13.1. The van der Waals surface area contributed by atoms with Crippen LogP contribution in [0.15, 0.2) is 36.4 Å². The van der Waals surface area contributed by atoms with Crippen molar-refractivity contribution < 1.29 is 0 Å². The summed E-state index contributed by atoms with van der Waals surface area (Å²) in [6.45, 7) is 3.35. The van der Waals surface area contributed by atoms with Gasteiger partial charge in [0.05, 0.1) is 16.7 Å². The van der Waals surface area contributed by atoms with Gasteiger partial charge in [-0.05, 0) is 81.6 Å². The number of rotatable bonds is 8. The number of unbranched alkanes of at least 4 members (excludes halogenated alkanes) is 1. The molecule has 0 radical (unpaired) electrons. The number of aromatic nitrogens is 1. The Morgan fingerprint density at radius 2 is 1.78 bits per heavy atom. The summed E-state index contributed by atoms with van der Waals surface area (Å²) < 4.78 is 0. The zero-order valence-electron chi connectivity index (χ0n) is 15.6. The van der Waals surface area contributed by atoms with Crippen molar-refractivity contribution in [3.8, 4) is 0 Å². The van der Waals surface area contributed by atoms with E-state index in [1.807, 2.05) is 36.4 Å². The number of nitrogens with one attached hydrogen (secondary N) is 1. The minimum absolute atomic E-state index is 0.702. The van der Waals surface area contributed by atoms with Crippen molar-refractivity contribution in [1.82, 2.24) is 9.88 Å². The molecule has 0 amide bonds. The Hall–Kier alpha value is -1.55. The van der Waals surface area contributed by atoms with Gasteiger partial charge < -0.3 is 10.2 Å². The summed E-state index contributed by atoms with van der Waals surface area (Å²) in [6.07, 6.45) is 5.17. The van der Waals surface area contributed by atoms with Gasteiger partial charge in [-0.25, -0.2) is 4.98 Å². The van der Waals surface area contributed by atoms with Crippen molar-refractivity contribution in [3.63, 3.8) is 0 Å². The highest BCUT2D eigenvalue weighted by atomic mass is 35.5. The molecule has 1 aromatic heterocycles. The van der Waals surface area contributed by atoms with E-state index in [1.165, 1.54) is 25.8 Å². The largest absolute Gasteiger partial charge is 0.384 e. The van der Waals surface area contributed by atoms with Crippen molar-refractivity contribution in [2.45, 2.75) is 25.7 Å². The fourth-order valence-electron chi connectivity index (χ4n) is 3.63. The van der Waals surface area contributed by atoms with Crippen LogP contribution in [-0.4, -0.2) is 36.6 Å². The van der Waals surface area contributed by atoms with Crippen molar-refractivity contribution in [3.05, 3.63) is 46.4 Å². The molecule has 1 N–H and O–H groups in total. The number of fused-ring (bicyclic) bond motifs is 2. The first-order valence-electron chi connectivity index (χ1n) is 9.71. The van der Waals surface area contributed by atoms with E-state index in [-0.39, 0.29) is 0 Å². The normalized spacial score (nSPS) is 14.4. The van der Waals surface area contributed by atoms with Gasteiger partial charge in [-0.1, -0.05) is 23.2 Å². The van der Waals surface area contributed by atoms with Gasteiger partial charge in [0.15, 0.2) is 0 Å². The quantitative estimate of drug-likeness (QED) is 0.358. The number of halogens is 2. The number of anilines is 1. The molecular weight excluding hydrogens is 377 g/mol. The molecule has 142 valence electrons. The van der Waals surface area contributed by atoms with Crippen LogP contribution in [0.4, 0.5) is 5.69 Å². The third-order valence-corrected chi connectivity index (χ3v) is 5.70. The van der Waals surface area contributed by atoms with Crippen molar-refractivity contribution in [1.29, 1.82) is 0 Å². The zero-order chi connectivity index (χ0) is 18.8. The number of nitrogens with zero attached hydrogens (tertiary/aromatic N) is 2. The summed E-state index contributed by atoms with van der Waals surface area (Å²) >= 11 is 12.4. The molecule has 0 atom stereocenters. The Labute approximate surface area is 170 Å². The monoisotopic (exact) mass is 401 g/mol. The third-order valence-electron chi connectivity index (χ3n) is 5.23. The van der Waals surface area contributed by atoms with Crippen LogP contribution in [0.2, 0.25) is 10.0 Å². The maximum Gasteiger partial charge on any atom is 0.0745 e. The number of hydrogen-bond acceptors (Lipinski definition) is 3. The first-order valence-corrected chi connectivity index (χ1v) is 10.5. The molecule has 3 aromatic rings. The molecule has 1 aliphatic rings. The lowest BCUT2D eigenvalue weighted by Gasteiger charge is -2.17. The van der Waals surface area contributed by atoms with E-state index >= 15 is 0 Å². The van der Waals surface area contributed by atoms with E-state index in [4.69, 9.17) is 28.2 Å². The highest BCUT2D eigenvalue weighted by Crippen LogP contribution is 2.33. The van der Waals surface area contributed by atoms with Gasteiger partial charge in [-0.2, -0.15) is 0 Å². The smallest absolute Gasteiger partial charge is 0.0745 e. The van der Waals surface area contributed by atoms with Crippen molar-refractivity contribution in [2.24, 2.45) is 5.92 Å². The van der Waals surface area contributed by atoms with Gasteiger partial charge in [0.2, 0.25) is 0 Å². The van der Waals surface area contributed by atoms with E-state index in [2.05, 4.69) is 17.3 Å². The lowest BCUT2D eigenvalue weighted by atomic mass is 10.1. The highest BCUT2D eigenvalue weighted by molar-refractivity contribution is 6.32. The summed E-state index contributed by atoms with van der Waals surface area (Å²) in [6, 6.07) is 11.7. The Morgan fingerprint density at radius 1 is 1.00 bits per heavy atom. The topological polar surface area (TPSA) is 28.2 Å². The molecule has 2 aromatic carbocycles. The zero-order valence-corrected chi connectivity index (χ0v) is 17.2. The Bertz CT molecular complexity index is 953. The van der Waals surface area contributed by atoms with Crippen LogP contribution in [-0.2, 0) is 0 Å². The SMILES string of the molecule is CN(CCCCNc1c2ccc(Cl)cc2nc2ccc(Cl)cc12)CC1CC1. The van der Waals surface area contributed by atoms with E-state index in [0.717, 1.165) is 57.9 Å². The molecule has 0 aliphatic heterocycles. The summed E-state index contributed by atoms with van der Waals surface area (Å²) in [5.74, 6) is 0.958. The van der Waals surface area contributed by atoms with Gasteiger partial charge in [0.1, 0.15) is 0 Å². The standard InChI is InChI=1S/C22H25Cl2N3/c1-27(14-15-4-5-15)11-3-2-10-25-22-18-8-6-17(24)13-21(18)26-20-9-7-16(23)12-19(20)22/h6-9,12-13,15H,2-5,10-11,14H2,1H3,(H,25,26). The van der Waals surface area contributed by atoms with Gasteiger partial charge in [0.25, 0.3) is 0 Å². The van der Waals surface area contributed by atoms with E-state index in [1.54, 1.807) is 0 Å². The fourth-order valence-corrected chi connectivity index (χ4v) is 3.97. The van der Waals surface area contributed by atoms with E-state index in [0.29, 0.717) is 5.02 Å². The van der Waals surface area contributed by atoms with Crippen LogP contribution in [0.5, 0.6) is 0 Å². The fraction of sp³-hybridized carbons (Fsp3) is 0.409. The maximum atomic E-state index is 6.25. The average molecular weight is 402 g/mol. The lowest BCUT2D eigenvalue weighted by molar-refractivity contribution is 0.314. The summed E-state index contributed by atoms with van der Waals surface area (Å²) in [5, 5.41) is 7.21. The first kappa shape index (κ1) is 18.8. The van der Waals surface area contributed by atoms with E-state index in [9.17, 15) is 0 Å². The molecule has 1 heterocycles. The second-order valence-electron chi connectivity index (χ2n) is 7.65. The Kier molecular flexibility index (Phi) is 5.72. The van der Waals surface area contributed by atoms with Crippen LogP contribution in [0.25, 0.3) is 21.8 Å². The minimum Gasteiger partial charge on any atom is -0.384 e. The molecule has 0 unspecified atom stereocenters. The Morgan fingerprint density at radius 3 is 2.59 bits per heavy atom. The Balaban J connectivity index is 1.49. The molecule has 1 aliphatic carbocycles. The van der Waals surface area contributed by atoms with Crippen LogP contribution >= 0.6 is 23.2 Å². The van der Waals surface area contributed by atoms with Gasteiger partial charge in [-0.15, -0.1) is 0 Å². The second-order valence-corrected chi connectivity index (χ2v) is 8.52. The molecule has 0 bridgehead atoms. The summed E-state index contributed by atoms with van der Waals surface area (Å²) in [5.41, 5.74) is 2.94. The van der Waals surface area contributed by atoms with Crippen LogP contribution < -0.4 is 5.32 Å². The van der Waals surface area contributed by atoms with Gasteiger partial charge >= 0.3 is 0 Å². The molecule has 3 nitrogen and oxygen atoms in total. The van der Waals surface area contributed by atoms with E-state index < -0.39 is 0 Å². The molecule has 0 spiro atoms. The van der Waals surface area contributed by atoms with Crippen molar-refractivity contribution >= 4 is 50.7 Å². The van der Waals surface area contributed by atoms with Gasteiger partial charge in [0, 0.05) is 33.9 Å². The molecule has 0 saturated heterocycles. The number of pyridine rings is 1. The third kappa shape index (κ3) is 4.66. The summed E-state index contributed by atoms with van der Waals surface area (Å²) in [4.78, 5) is 7.22. The second kappa shape index (κ2) is 8.22. The minimum atomic E-state index is 0.702. The molecular formula is C22H25Cl2N3. The lowest BCUT2D eigenvalue weighted by Crippen LogP contribution is -2.22. The predicted molar refractivity (Wildman–Crippen MR) is 117 cm³/mol. The molecule has 1 saturated carbocycles. The van der Waals surface area contributed by atoms with Crippen LogP contribution in [0.1, 0.15) is 25.7 Å². The van der Waals surface area contributed by atoms with Crippen LogP contribution in [0, 0.1) is 5.92 Å². The van der Waals surface area contributed by atoms with Crippen molar-refractivity contribution in [2.75, 3.05) is 32.0 Å². The maximum absolute atomic E-state index is 6.25. The molecule has 5 heteroatoms. The van der Waals surface area contributed by atoms with Gasteiger partial charge in [-0.3, -0.25) is 0 Å². The number of hydrogen-bond donors (Lipinski definition) is 1.